The molecular weight excluding hydrogens is 238 g/mol. The van der Waals surface area contributed by atoms with E-state index in [0.717, 1.165) is 12.5 Å². The maximum Gasteiger partial charge on any atom is 0.0420 e. The zero-order valence-electron chi connectivity index (χ0n) is 11.9. The predicted octanol–water partition coefficient (Wildman–Crippen LogP) is 4.93. The minimum atomic E-state index is 0.614. The van der Waals surface area contributed by atoms with Crippen LogP contribution in [0.15, 0.2) is 11.4 Å². The van der Waals surface area contributed by atoms with Crippen molar-refractivity contribution in [2.24, 2.45) is 5.92 Å². The van der Waals surface area contributed by atoms with Gasteiger partial charge in [0.2, 0.25) is 0 Å². The summed E-state index contributed by atoms with van der Waals surface area (Å²) in [6, 6.07) is 2.93. The van der Waals surface area contributed by atoms with Crippen LogP contribution in [0.25, 0.3) is 0 Å². The predicted molar refractivity (Wildman–Crippen MR) is 81.3 cm³/mol. The molecule has 0 saturated heterocycles. The van der Waals surface area contributed by atoms with E-state index in [-0.39, 0.29) is 0 Å². The van der Waals surface area contributed by atoms with E-state index in [4.69, 9.17) is 0 Å². The Hall–Kier alpha value is -0.340. The average molecular weight is 265 g/mol. The highest BCUT2D eigenvalue weighted by atomic mass is 32.1. The Morgan fingerprint density at radius 1 is 1.33 bits per heavy atom. The topological polar surface area (TPSA) is 12.0 Å². The maximum atomic E-state index is 3.78. The summed E-state index contributed by atoms with van der Waals surface area (Å²) in [5.74, 6) is 0.964. The normalized spacial score (nSPS) is 18.3. The Balaban J connectivity index is 2.03. The summed E-state index contributed by atoms with van der Waals surface area (Å²) in [4.78, 5) is 1.61. The fraction of sp³-hybridized carbons (Fsp3) is 0.750. The number of hydrogen-bond acceptors (Lipinski definition) is 2. The summed E-state index contributed by atoms with van der Waals surface area (Å²) >= 11 is 1.95. The number of hydrogen-bond donors (Lipinski definition) is 1. The van der Waals surface area contributed by atoms with Crippen molar-refractivity contribution in [2.45, 2.75) is 64.8 Å². The smallest absolute Gasteiger partial charge is 0.0420 e. The molecule has 0 amide bonds. The van der Waals surface area contributed by atoms with Crippen LogP contribution in [0.5, 0.6) is 0 Å². The third-order valence-electron chi connectivity index (χ3n) is 4.16. The van der Waals surface area contributed by atoms with Crippen LogP contribution in [0.4, 0.5) is 0 Å². The van der Waals surface area contributed by atoms with Crippen molar-refractivity contribution in [2.75, 3.05) is 6.54 Å². The average Bonchev–Trinajstić information content (AvgIpc) is 3.04. The van der Waals surface area contributed by atoms with Gasteiger partial charge in [0.05, 0.1) is 0 Å². The van der Waals surface area contributed by atoms with E-state index in [0.29, 0.717) is 6.04 Å². The van der Waals surface area contributed by atoms with Gasteiger partial charge in [-0.15, -0.1) is 11.3 Å². The van der Waals surface area contributed by atoms with Crippen molar-refractivity contribution in [3.8, 4) is 0 Å². The molecule has 1 aliphatic carbocycles. The van der Waals surface area contributed by atoms with E-state index in [9.17, 15) is 0 Å². The second kappa shape index (κ2) is 7.30. The molecule has 1 unspecified atom stereocenters. The molecular formula is C16H27NS. The third-order valence-corrected chi connectivity index (χ3v) is 5.24. The third kappa shape index (κ3) is 3.58. The number of rotatable bonds is 7. The molecule has 2 rings (SSSR count). The Morgan fingerprint density at radius 3 is 2.78 bits per heavy atom. The van der Waals surface area contributed by atoms with E-state index in [1.54, 1.807) is 10.4 Å². The summed E-state index contributed by atoms with van der Waals surface area (Å²) in [6.45, 7) is 5.69. The van der Waals surface area contributed by atoms with Crippen molar-refractivity contribution in [1.82, 2.24) is 5.32 Å². The van der Waals surface area contributed by atoms with Crippen LogP contribution < -0.4 is 5.32 Å². The van der Waals surface area contributed by atoms with Gasteiger partial charge in [0, 0.05) is 10.9 Å². The van der Waals surface area contributed by atoms with Crippen LogP contribution in [0.1, 0.15) is 68.9 Å². The van der Waals surface area contributed by atoms with E-state index in [1.165, 1.54) is 44.9 Å². The first-order chi connectivity index (χ1) is 8.85. The van der Waals surface area contributed by atoms with E-state index in [2.05, 4.69) is 30.6 Å². The van der Waals surface area contributed by atoms with Gasteiger partial charge < -0.3 is 5.32 Å². The van der Waals surface area contributed by atoms with Gasteiger partial charge in [-0.3, -0.25) is 0 Å². The highest BCUT2D eigenvalue weighted by Crippen LogP contribution is 2.36. The maximum absolute atomic E-state index is 3.78. The molecule has 1 aromatic rings. The van der Waals surface area contributed by atoms with E-state index >= 15 is 0 Å². The van der Waals surface area contributed by atoms with Gasteiger partial charge in [-0.1, -0.05) is 39.5 Å². The molecule has 0 spiro atoms. The number of thiophene rings is 1. The Morgan fingerprint density at radius 2 is 2.11 bits per heavy atom. The molecule has 2 heteroatoms. The van der Waals surface area contributed by atoms with Crippen LogP contribution in [-0.2, 0) is 6.42 Å². The van der Waals surface area contributed by atoms with Crippen molar-refractivity contribution < 1.29 is 0 Å². The SMILES string of the molecule is CCCNC(CC1CCCC1)c1sccc1CC. The fourth-order valence-corrected chi connectivity index (χ4v) is 4.21. The quantitative estimate of drug-likeness (QED) is 0.737. The van der Waals surface area contributed by atoms with Gasteiger partial charge in [0.25, 0.3) is 0 Å². The summed E-state index contributed by atoms with van der Waals surface area (Å²) in [5.41, 5.74) is 1.56. The van der Waals surface area contributed by atoms with Crippen LogP contribution in [0.2, 0.25) is 0 Å². The first kappa shape index (κ1) is 14.1. The lowest BCUT2D eigenvalue weighted by atomic mass is 9.95. The van der Waals surface area contributed by atoms with Crippen LogP contribution in [-0.4, -0.2) is 6.54 Å². The highest BCUT2D eigenvalue weighted by Gasteiger charge is 2.22. The van der Waals surface area contributed by atoms with Crippen LogP contribution in [0.3, 0.4) is 0 Å². The fourth-order valence-electron chi connectivity index (χ4n) is 3.13. The van der Waals surface area contributed by atoms with Gasteiger partial charge in [0.1, 0.15) is 0 Å². The molecule has 0 aliphatic heterocycles. The Labute approximate surface area is 116 Å². The molecule has 0 bridgehead atoms. The zero-order chi connectivity index (χ0) is 12.8. The summed E-state index contributed by atoms with van der Waals surface area (Å²) < 4.78 is 0. The first-order valence-corrected chi connectivity index (χ1v) is 8.52. The minimum Gasteiger partial charge on any atom is -0.309 e. The van der Waals surface area contributed by atoms with Crippen LogP contribution >= 0.6 is 11.3 Å². The monoisotopic (exact) mass is 265 g/mol. The van der Waals surface area contributed by atoms with Crippen molar-refractivity contribution in [3.05, 3.63) is 21.9 Å². The molecule has 1 aliphatic rings. The molecule has 1 atom stereocenters. The molecule has 1 nitrogen and oxygen atoms in total. The van der Waals surface area contributed by atoms with Crippen molar-refractivity contribution in [3.63, 3.8) is 0 Å². The standard InChI is InChI=1S/C16H27NS/c1-3-10-17-15(12-13-7-5-6-8-13)16-14(4-2)9-11-18-16/h9,11,13,15,17H,3-8,10,12H2,1-2H3. The lowest BCUT2D eigenvalue weighted by Gasteiger charge is -2.22. The second-order valence-corrected chi connectivity index (χ2v) is 6.50. The van der Waals surface area contributed by atoms with Gasteiger partial charge in [-0.2, -0.15) is 0 Å². The number of nitrogens with one attached hydrogen (secondary N) is 1. The lowest BCUT2D eigenvalue weighted by molar-refractivity contribution is 0.398. The van der Waals surface area contributed by atoms with Gasteiger partial charge in [-0.05, 0) is 48.7 Å². The van der Waals surface area contributed by atoms with Crippen molar-refractivity contribution in [1.29, 1.82) is 0 Å². The molecule has 0 radical (unpaired) electrons. The van der Waals surface area contributed by atoms with E-state index < -0.39 is 0 Å². The molecule has 1 aromatic heterocycles. The molecule has 1 N–H and O–H groups in total. The number of aryl methyl sites for hydroxylation is 1. The molecule has 18 heavy (non-hydrogen) atoms. The van der Waals surface area contributed by atoms with Crippen LogP contribution in [0, 0.1) is 5.92 Å². The molecule has 1 fully saturated rings. The zero-order valence-corrected chi connectivity index (χ0v) is 12.7. The van der Waals surface area contributed by atoms with Gasteiger partial charge in [0.15, 0.2) is 0 Å². The van der Waals surface area contributed by atoms with Crippen molar-refractivity contribution >= 4 is 11.3 Å². The summed E-state index contributed by atoms with van der Waals surface area (Å²) in [5, 5.41) is 6.05. The molecule has 1 heterocycles. The summed E-state index contributed by atoms with van der Waals surface area (Å²) in [6.07, 6.45) is 9.58. The Kier molecular flexibility index (Phi) is 5.71. The highest BCUT2D eigenvalue weighted by molar-refractivity contribution is 7.10. The Bertz CT molecular complexity index is 339. The summed E-state index contributed by atoms with van der Waals surface area (Å²) in [7, 11) is 0. The molecule has 0 aromatic carbocycles. The first-order valence-electron chi connectivity index (χ1n) is 7.64. The minimum absolute atomic E-state index is 0.614. The molecule has 1 saturated carbocycles. The van der Waals surface area contributed by atoms with E-state index in [1.807, 2.05) is 11.3 Å². The van der Waals surface area contributed by atoms with Gasteiger partial charge >= 0.3 is 0 Å². The van der Waals surface area contributed by atoms with Gasteiger partial charge in [-0.25, -0.2) is 0 Å². The largest absolute Gasteiger partial charge is 0.309 e. The molecule has 102 valence electrons. The lowest BCUT2D eigenvalue weighted by Crippen LogP contribution is -2.24. The second-order valence-electron chi connectivity index (χ2n) is 5.56.